The van der Waals surface area contributed by atoms with Gasteiger partial charge in [0.05, 0.1) is 0 Å². The molecule has 0 aliphatic heterocycles. The zero-order valence-electron chi connectivity index (χ0n) is 31.9. The van der Waals surface area contributed by atoms with Crippen LogP contribution in [0.1, 0.15) is 150 Å². The highest BCUT2D eigenvalue weighted by Gasteiger charge is 2.60. The van der Waals surface area contributed by atoms with E-state index in [9.17, 15) is 14.4 Å². The van der Waals surface area contributed by atoms with Crippen LogP contribution < -0.4 is 5.32 Å². The molecule has 0 radical (unpaired) electrons. The number of ether oxygens (including phenoxy) is 1. The van der Waals surface area contributed by atoms with Crippen LogP contribution in [0, 0.1) is 46.3 Å². The maximum atomic E-state index is 12.8. The number of fused-ring (bicyclic) bond motifs is 5. The molecule has 0 aromatic carbocycles. The highest BCUT2D eigenvalue weighted by molar-refractivity contribution is 5.81. The molecule has 280 valence electrons. The summed E-state index contributed by atoms with van der Waals surface area (Å²) >= 11 is 0. The summed E-state index contributed by atoms with van der Waals surface area (Å²) in [6.45, 7) is 9.32. The second-order valence-corrected chi connectivity index (χ2v) is 16.7. The Kier molecular flexibility index (Phi) is 15.9. The number of carbonyl (C=O) groups excluding carboxylic acids is 2. The molecule has 0 heterocycles. The largest absolute Gasteiger partial charge is 0.480 e. The van der Waals surface area contributed by atoms with Crippen LogP contribution in [0.15, 0.2) is 48.6 Å². The molecule has 0 bridgehead atoms. The molecule has 1 amide bonds. The van der Waals surface area contributed by atoms with E-state index in [-0.39, 0.29) is 24.5 Å². The first-order valence-corrected chi connectivity index (χ1v) is 20.4. The summed E-state index contributed by atoms with van der Waals surface area (Å²) in [4.78, 5) is 35.8. The number of carboxylic acid groups (broad SMARTS) is 1. The number of nitrogens with one attached hydrogen (secondary N) is 1. The molecular weight excluding hydrogens is 622 g/mol. The molecule has 50 heavy (non-hydrogen) atoms. The first-order valence-electron chi connectivity index (χ1n) is 20.4. The number of carbonyl (C=O) groups is 3. The lowest BCUT2D eigenvalue weighted by Gasteiger charge is -2.61. The van der Waals surface area contributed by atoms with Gasteiger partial charge in [-0.1, -0.05) is 76.3 Å². The molecule has 9 unspecified atom stereocenters. The third-order valence-electron chi connectivity index (χ3n) is 13.7. The Morgan fingerprint density at radius 3 is 2.16 bits per heavy atom. The fourth-order valence-corrected chi connectivity index (χ4v) is 11.0. The zero-order chi connectivity index (χ0) is 36.0. The maximum absolute atomic E-state index is 12.8. The van der Waals surface area contributed by atoms with Crippen LogP contribution in [0.4, 0.5) is 0 Å². The van der Waals surface area contributed by atoms with Gasteiger partial charge in [-0.25, -0.2) is 0 Å². The van der Waals surface area contributed by atoms with E-state index in [1.165, 1.54) is 44.9 Å². The SMILES string of the molecule is CC/C=C\C/C=C\C/C=C\C/C=C\CCCCC(=O)OC1CCC2(C)C(CCC3C2CCC2(C)C(C(C)CCC(=O)NCC(=O)O)CCC32)C1. The van der Waals surface area contributed by atoms with Crippen molar-refractivity contribution in [2.45, 2.75) is 156 Å². The van der Waals surface area contributed by atoms with E-state index in [1.54, 1.807) is 0 Å². The van der Waals surface area contributed by atoms with Crippen LogP contribution in [0.3, 0.4) is 0 Å². The van der Waals surface area contributed by atoms with Crippen molar-refractivity contribution in [3.8, 4) is 0 Å². The van der Waals surface area contributed by atoms with Crippen LogP contribution in [0.25, 0.3) is 0 Å². The van der Waals surface area contributed by atoms with Crippen molar-refractivity contribution in [3.05, 3.63) is 48.6 Å². The molecule has 6 nitrogen and oxygen atoms in total. The van der Waals surface area contributed by atoms with Crippen molar-refractivity contribution < 1.29 is 24.2 Å². The summed E-state index contributed by atoms with van der Waals surface area (Å²) < 4.78 is 6.10. The normalized spacial score (nSPS) is 33.0. The molecule has 0 spiro atoms. The number of hydrogen-bond acceptors (Lipinski definition) is 4. The lowest BCUT2D eigenvalue weighted by Crippen LogP contribution is -2.54. The predicted molar refractivity (Wildman–Crippen MR) is 203 cm³/mol. The number of esters is 1. The van der Waals surface area contributed by atoms with Gasteiger partial charge in [-0.05, 0) is 155 Å². The van der Waals surface area contributed by atoms with Gasteiger partial charge >= 0.3 is 11.9 Å². The van der Waals surface area contributed by atoms with Crippen molar-refractivity contribution in [1.82, 2.24) is 5.32 Å². The van der Waals surface area contributed by atoms with E-state index in [1.807, 2.05) is 0 Å². The Bertz CT molecular complexity index is 1220. The molecule has 4 saturated carbocycles. The zero-order valence-corrected chi connectivity index (χ0v) is 31.9. The average molecular weight is 692 g/mol. The van der Waals surface area contributed by atoms with Gasteiger partial charge in [0.1, 0.15) is 12.6 Å². The lowest BCUT2D eigenvalue weighted by atomic mass is 9.44. The number of carboxylic acids is 1. The standard InChI is InChI=1S/C44H69NO5/c1-5-6-7-8-9-10-11-12-13-14-15-16-17-18-19-20-42(49)50-35-27-29-43(3)34(31-35)22-23-36-38-25-24-37(44(38,4)30-28-39(36)43)33(2)21-26-40(46)45-32-41(47)48/h6-7,9-10,12-13,15-16,33-39H,5,8,11,14,17-32H2,1-4H3,(H,45,46)(H,47,48)/b7-6-,10-9-,13-12-,16-15-. The molecule has 0 saturated heterocycles. The Morgan fingerprint density at radius 1 is 0.800 bits per heavy atom. The van der Waals surface area contributed by atoms with Gasteiger partial charge in [0.25, 0.3) is 0 Å². The first-order chi connectivity index (χ1) is 24.1. The molecule has 4 fully saturated rings. The van der Waals surface area contributed by atoms with Crippen molar-refractivity contribution in [3.63, 3.8) is 0 Å². The van der Waals surface area contributed by atoms with Gasteiger partial charge in [0.15, 0.2) is 0 Å². The summed E-state index contributed by atoms with van der Waals surface area (Å²) in [6, 6.07) is 0. The molecule has 4 aliphatic rings. The van der Waals surface area contributed by atoms with Crippen LogP contribution in [0.5, 0.6) is 0 Å². The second kappa shape index (κ2) is 19.8. The Balaban J connectivity index is 1.14. The van der Waals surface area contributed by atoms with Gasteiger partial charge in [-0.3, -0.25) is 14.4 Å². The number of rotatable bonds is 19. The molecule has 9 atom stereocenters. The first kappa shape index (κ1) is 40.1. The molecule has 0 aromatic heterocycles. The van der Waals surface area contributed by atoms with Gasteiger partial charge in [-0.15, -0.1) is 0 Å². The minimum atomic E-state index is -0.993. The third kappa shape index (κ3) is 10.9. The summed E-state index contributed by atoms with van der Waals surface area (Å²) in [7, 11) is 0. The monoisotopic (exact) mass is 692 g/mol. The highest BCUT2D eigenvalue weighted by Crippen LogP contribution is 2.68. The van der Waals surface area contributed by atoms with Crippen molar-refractivity contribution >= 4 is 17.8 Å². The number of hydrogen-bond donors (Lipinski definition) is 2. The second-order valence-electron chi connectivity index (χ2n) is 16.7. The molecular formula is C44H69NO5. The van der Waals surface area contributed by atoms with Gasteiger partial charge in [0.2, 0.25) is 5.91 Å². The molecule has 4 aliphatic carbocycles. The van der Waals surface area contributed by atoms with Crippen LogP contribution in [-0.4, -0.2) is 35.6 Å². The molecule has 0 aromatic rings. The number of amides is 1. The fourth-order valence-electron chi connectivity index (χ4n) is 11.0. The summed E-state index contributed by atoms with van der Waals surface area (Å²) in [5.74, 6) is 2.93. The Morgan fingerprint density at radius 2 is 1.46 bits per heavy atom. The van der Waals surface area contributed by atoms with Crippen molar-refractivity contribution in [1.29, 1.82) is 0 Å². The minimum Gasteiger partial charge on any atom is -0.480 e. The highest BCUT2D eigenvalue weighted by atomic mass is 16.5. The average Bonchev–Trinajstić information content (AvgIpc) is 3.45. The quantitative estimate of drug-likeness (QED) is 0.0799. The third-order valence-corrected chi connectivity index (χ3v) is 13.7. The lowest BCUT2D eigenvalue weighted by molar-refractivity contribution is -0.162. The fraction of sp³-hybridized carbons (Fsp3) is 0.750. The summed E-state index contributed by atoms with van der Waals surface area (Å²) in [5.41, 5.74) is 0.688. The molecule has 6 heteroatoms. The van der Waals surface area contributed by atoms with Gasteiger partial charge in [-0.2, -0.15) is 0 Å². The number of aliphatic carboxylic acids is 1. The number of allylic oxidation sites excluding steroid dienone is 8. The number of unbranched alkanes of at least 4 members (excludes halogenated alkanes) is 2. The topological polar surface area (TPSA) is 92.7 Å². The van der Waals surface area contributed by atoms with Crippen molar-refractivity contribution in [2.24, 2.45) is 46.3 Å². The Hall–Kier alpha value is -2.63. The van der Waals surface area contributed by atoms with E-state index < -0.39 is 5.97 Å². The summed E-state index contributed by atoms with van der Waals surface area (Å²) in [5, 5.41) is 11.4. The van der Waals surface area contributed by atoms with Gasteiger partial charge < -0.3 is 15.2 Å². The van der Waals surface area contributed by atoms with E-state index in [0.717, 1.165) is 82.0 Å². The maximum Gasteiger partial charge on any atom is 0.322 e. The minimum absolute atomic E-state index is 0.00337. The predicted octanol–water partition coefficient (Wildman–Crippen LogP) is 10.5. The van der Waals surface area contributed by atoms with Crippen LogP contribution >= 0.6 is 0 Å². The summed E-state index contributed by atoms with van der Waals surface area (Å²) in [6.07, 6.45) is 37.6. The Labute approximate surface area is 304 Å². The smallest absolute Gasteiger partial charge is 0.322 e. The van der Waals surface area contributed by atoms with E-state index >= 15 is 0 Å². The van der Waals surface area contributed by atoms with Gasteiger partial charge in [0, 0.05) is 12.8 Å². The molecule has 2 N–H and O–H groups in total. The van der Waals surface area contributed by atoms with Crippen molar-refractivity contribution in [2.75, 3.05) is 6.54 Å². The van der Waals surface area contributed by atoms with E-state index in [2.05, 4.69) is 81.6 Å². The van der Waals surface area contributed by atoms with E-state index in [4.69, 9.17) is 9.84 Å². The molecule has 4 rings (SSSR count). The van der Waals surface area contributed by atoms with Crippen LogP contribution in [0.2, 0.25) is 0 Å². The van der Waals surface area contributed by atoms with Crippen LogP contribution in [-0.2, 0) is 19.1 Å². The van der Waals surface area contributed by atoms with E-state index in [0.29, 0.717) is 41.4 Å².